The van der Waals surface area contributed by atoms with E-state index in [-0.39, 0.29) is 24.0 Å². The third kappa shape index (κ3) is 2.25. The highest BCUT2D eigenvalue weighted by atomic mass is 16.3. The Labute approximate surface area is 84.9 Å². The van der Waals surface area contributed by atoms with Crippen LogP contribution in [0, 0.1) is 5.92 Å². The molecule has 0 aromatic rings. The minimum absolute atomic E-state index is 0.0174. The third-order valence-corrected chi connectivity index (χ3v) is 3.02. The van der Waals surface area contributed by atoms with Crippen molar-refractivity contribution in [2.24, 2.45) is 11.7 Å². The van der Waals surface area contributed by atoms with Crippen molar-refractivity contribution in [2.75, 3.05) is 6.61 Å². The Bertz CT molecular complexity index is 207. The number of rotatable bonds is 4. The molecular weight excluding hydrogens is 180 g/mol. The van der Waals surface area contributed by atoms with E-state index < -0.39 is 6.04 Å². The number of nitrogens with two attached hydrogens (primary N) is 1. The van der Waals surface area contributed by atoms with Crippen LogP contribution in [0.3, 0.4) is 0 Å². The van der Waals surface area contributed by atoms with Crippen LogP contribution >= 0.6 is 0 Å². The van der Waals surface area contributed by atoms with E-state index in [1.165, 1.54) is 0 Å². The maximum atomic E-state index is 11.6. The maximum Gasteiger partial charge on any atom is 0.237 e. The minimum atomic E-state index is -0.473. The lowest BCUT2D eigenvalue weighted by atomic mass is 9.77. The number of aliphatic hydroxyl groups is 1. The third-order valence-electron chi connectivity index (χ3n) is 3.02. The Morgan fingerprint density at radius 1 is 1.57 bits per heavy atom. The first kappa shape index (κ1) is 11.5. The summed E-state index contributed by atoms with van der Waals surface area (Å²) < 4.78 is 0. The summed E-state index contributed by atoms with van der Waals surface area (Å²) in [6.07, 6.45) is 2.79. The summed E-state index contributed by atoms with van der Waals surface area (Å²) in [4.78, 5) is 11.6. The maximum absolute atomic E-state index is 11.6. The van der Waals surface area contributed by atoms with Crippen LogP contribution in [-0.2, 0) is 4.79 Å². The van der Waals surface area contributed by atoms with Crippen LogP contribution in [0.1, 0.15) is 33.1 Å². The number of hydrogen-bond acceptors (Lipinski definition) is 3. The predicted molar refractivity (Wildman–Crippen MR) is 54.6 cm³/mol. The van der Waals surface area contributed by atoms with Gasteiger partial charge >= 0.3 is 0 Å². The van der Waals surface area contributed by atoms with E-state index in [2.05, 4.69) is 5.32 Å². The van der Waals surface area contributed by atoms with Gasteiger partial charge < -0.3 is 16.2 Å². The molecule has 0 aromatic carbocycles. The molecule has 4 heteroatoms. The lowest BCUT2D eigenvalue weighted by Gasteiger charge is -2.41. The van der Waals surface area contributed by atoms with Crippen molar-refractivity contribution in [3.63, 3.8) is 0 Å². The number of hydrogen-bond donors (Lipinski definition) is 3. The molecule has 1 fully saturated rings. The Morgan fingerprint density at radius 3 is 2.43 bits per heavy atom. The molecule has 0 radical (unpaired) electrons. The quantitative estimate of drug-likeness (QED) is 0.598. The van der Waals surface area contributed by atoms with Crippen LogP contribution < -0.4 is 11.1 Å². The highest BCUT2D eigenvalue weighted by Gasteiger charge is 2.38. The summed E-state index contributed by atoms with van der Waals surface area (Å²) in [5.41, 5.74) is 5.34. The fourth-order valence-electron chi connectivity index (χ4n) is 1.57. The molecule has 82 valence electrons. The lowest BCUT2D eigenvalue weighted by molar-refractivity contribution is -0.127. The molecule has 4 N–H and O–H groups in total. The summed E-state index contributed by atoms with van der Waals surface area (Å²) >= 11 is 0. The Kier molecular flexibility index (Phi) is 3.50. The Balaban J connectivity index is 2.47. The van der Waals surface area contributed by atoms with E-state index in [1.807, 2.05) is 13.8 Å². The van der Waals surface area contributed by atoms with Gasteiger partial charge in [0.2, 0.25) is 5.91 Å². The second-order valence-corrected chi connectivity index (χ2v) is 4.55. The van der Waals surface area contributed by atoms with Gasteiger partial charge in [0.25, 0.3) is 0 Å². The zero-order chi connectivity index (χ0) is 10.8. The van der Waals surface area contributed by atoms with E-state index in [0.717, 1.165) is 19.3 Å². The van der Waals surface area contributed by atoms with Gasteiger partial charge in [0.15, 0.2) is 0 Å². The van der Waals surface area contributed by atoms with Crippen molar-refractivity contribution in [2.45, 2.75) is 44.7 Å². The molecule has 0 saturated heterocycles. The molecule has 0 aliphatic heterocycles. The molecule has 1 aliphatic carbocycles. The van der Waals surface area contributed by atoms with Gasteiger partial charge in [0.1, 0.15) is 0 Å². The topological polar surface area (TPSA) is 75.4 Å². The molecule has 14 heavy (non-hydrogen) atoms. The summed E-state index contributed by atoms with van der Waals surface area (Å²) in [6.45, 7) is 3.84. The van der Waals surface area contributed by atoms with Gasteiger partial charge in [-0.1, -0.05) is 13.8 Å². The molecule has 1 amide bonds. The lowest BCUT2D eigenvalue weighted by Crippen LogP contribution is -2.60. The van der Waals surface area contributed by atoms with Gasteiger partial charge in [-0.3, -0.25) is 4.79 Å². The fraction of sp³-hybridized carbons (Fsp3) is 0.900. The van der Waals surface area contributed by atoms with Crippen molar-refractivity contribution < 1.29 is 9.90 Å². The minimum Gasteiger partial charge on any atom is -0.394 e. The van der Waals surface area contributed by atoms with Crippen molar-refractivity contribution in [3.05, 3.63) is 0 Å². The van der Waals surface area contributed by atoms with Crippen LogP contribution in [0.2, 0.25) is 0 Å². The van der Waals surface area contributed by atoms with Crippen molar-refractivity contribution >= 4 is 5.91 Å². The molecule has 0 heterocycles. The van der Waals surface area contributed by atoms with Gasteiger partial charge in [-0.15, -0.1) is 0 Å². The van der Waals surface area contributed by atoms with Crippen molar-refractivity contribution in [1.82, 2.24) is 5.32 Å². The highest BCUT2D eigenvalue weighted by Crippen LogP contribution is 2.31. The molecule has 1 saturated carbocycles. The van der Waals surface area contributed by atoms with E-state index in [4.69, 9.17) is 10.8 Å². The number of aliphatic hydroxyl groups excluding tert-OH is 1. The Morgan fingerprint density at radius 2 is 2.14 bits per heavy atom. The fourth-order valence-corrected chi connectivity index (χ4v) is 1.57. The van der Waals surface area contributed by atoms with Crippen molar-refractivity contribution in [1.29, 1.82) is 0 Å². The molecular formula is C10H20N2O2. The smallest absolute Gasteiger partial charge is 0.237 e. The molecule has 4 nitrogen and oxygen atoms in total. The van der Waals surface area contributed by atoms with Crippen LogP contribution in [0.4, 0.5) is 0 Å². The van der Waals surface area contributed by atoms with Crippen molar-refractivity contribution in [3.8, 4) is 0 Å². The molecule has 0 aromatic heterocycles. The van der Waals surface area contributed by atoms with Crippen LogP contribution in [0.25, 0.3) is 0 Å². The molecule has 0 unspecified atom stereocenters. The van der Waals surface area contributed by atoms with Gasteiger partial charge in [-0.05, 0) is 25.2 Å². The van der Waals surface area contributed by atoms with Gasteiger partial charge in [0, 0.05) is 0 Å². The van der Waals surface area contributed by atoms with Crippen LogP contribution in [0.15, 0.2) is 0 Å². The van der Waals surface area contributed by atoms with Crippen LogP contribution in [0.5, 0.6) is 0 Å². The van der Waals surface area contributed by atoms with E-state index in [1.54, 1.807) is 0 Å². The number of nitrogens with one attached hydrogen (secondary N) is 1. The van der Waals surface area contributed by atoms with E-state index >= 15 is 0 Å². The first-order valence-corrected chi connectivity index (χ1v) is 5.19. The average Bonchev–Trinajstić information content (AvgIpc) is 2.09. The molecule has 1 aliphatic rings. The average molecular weight is 200 g/mol. The zero-order valence-corrected chi connectivity index (χ0v) is 8.92. The Hall–Kier alpha value is -0.610. The second-order valence-electron chi connectivity index (χ2n) is 4.55. The molecule has 0 spiro atoms. The molecule has 0 bridgehead atoms. The summed E-state index contributed by atoms with van der Waals surface area (Å²) in [5.74, 6) is -0.0143. The predicted octanol–water partition coefficient (Wildman–Crippen LogP) is 0.000900. The number of carbonyl (C=O) groups is 1. The summed E-state index contributed by atoms with van der Waals surface area (Å²) in [7, 11) is 0. The van der Waals surface area contributed by atoms with Gasteiger partial charge in [-0.2, -0.15) is 0 Å². The number of amides is 1. The first-order chi connectivity index (χ1) is 6.51. The van der Waals surface area contributed by atoms with E-state index in [0.29, 0.717) is 0 Å². The largest absolute Gasteiger partial charge is 0.394 e. The normalized spacial score (nSPS) is 21.5. The summed E-state index contributed by atoms with van der Waals surface area (Å²) in [6, 6.07) is -0.473. The first-order valence-electron chi connectivity index (χ1n) is 5.19. The van der Waals surface area contributed by atoms with Gasteiger partial charge in [-0.25, -0.2) is 0 Å². The summed E-state index contributed by atoms with van der Waals surface area (Å²) in [5, 5.41) is 12.0. The van der Waals surface area contributed by atoms with E-state index in [9.17, 15) is 4.79 Å². The molecule has 1 atom stereocenters. The second kappa shape index (κ2) is 4.28. The van der Waals surface area contributed by atoms with Crippen LogP contribution in [-0.4, -0.2) is 29.2 Å². The number of carbonyl (C=O) groups excluding carboxylic acids is 1. The SMILES string of the molecule is CC(C)[C@@H](N)C(=O)NC1(CO)CCC1. The van der Waals surface area contributed by atoms with Gasteiger partial charge in [0.05, 0.1) is 18.2 Å². The standard InChI is InChI=1S/C10H20N2O2/c1-7(2)8(11)9(14)12-10(6-13)4-3-5-10/h7-8,13H,3-6,11H2,1-2H3,(H,12,14)/t8-/m1/s1. The highest BCUT2D eigenvalue weighted by molar-refractivity contribution is 5.82. The molecule has 1 rings (SSSR count). The monoisotopic (exact) mass is 200 g/mol. The zero-order valence-electron chi connectivity index (χ0n) is 8.92.